The van der Waals surface area contributed by atoms with Gasteiger partial charge in [0.25, 0.3) is 0 Å². The van der Waals surface area contributed by atoms with Gasteiger partial charge in [0, 0.05) is 24.7 Å². The second kappa shape index (κ2) is 9.99. The minimum Gasteiger partial charge on any atom is -0.370 e. The van der Waals surface area contributed by atoms with Gasteiger partial charge in [-0.25, -0.2) is 4.99 Å². The van der Waals surface area contributed by atoms with Gasteiger partial charge in [0.15, 0.2) is 5.96 Å². The van der Waals surface area contributed by atoms with Gasteiger partial charge in [-0.1, -0.05) is 37.8 Å². The summed E-state index contributed by atoms with van der Waals surface area (Å²) >= 11 is 0. The molecule has 0 aromatic heterocycles. The molecule has 1 aromatic carbocycles. The van der Waals surface area contributed by atoms with Crippen LogP contribution >= 0.6 is 24.0 Å². The number of benzene rings is 1. The van der Waals surface area contributed by atoms with E-state index in [1.54, 1.807) is 0 Å². The van der Waals surface area contributed by atoms with Gasteiger partial charge in [0.2, 0.25) is 5.91 Å². The zero-order chi connectivity index (χ0) is 16.8. The third-order valence-corrected chi connectivity index (χ3v) is 4.96. The predicted molar refractivity (Wildman–Crippen MR) is 113 cm³/mol. The molecule has 1 heterocycles. The maximum absolute atomic E-state index is 11.8. The summed E-state index contributed by atoms with van der Waals surface area (Å²) in [5, 5.41) is 3.37. The van der Waals surface area contributed by atoms with Crippen LogP contribution in [0.5, 0.6) is 0 Å². The first-order valence-corrected chi connectivity index (χ1v) is 9.18. The predicted octanol–water partition coefficient (Wildman–Crippen LogP) is 3.56. The molecule has 2 fully saturated rings. The molecule has 0 radical (unpaired) electrons. The molecule has 1 saturated heterocycles. The minimum absolute atomic E-state index is 0. The summed E-state index contributed by atoms with van der Waals surface area (Å²) in [6.45, 7) is 1.40. The van der Waals surface area contributed by atoms with E-state index in [-0.39, 0.29) is 29.9 Å². The summed E-state index contributed by atoms with van der Waals surface area (Å²) in [5.74, 6) is 0.762. The quantitative estimate of drug-likeness (QED) is 0.315. The second-order valence-corrected chi connectivity index (χ2v) is 6.85. The van der Waals surface area contributed by atoms with Gasteiger partial charge in [-0.2, -0.15) is 0 Å². The average molecular weight is 456 g/mol. The molecule has 1 saturated carbocycles. The number of carbonyl (C=O) groups excluding carboxylic acids is 1. The van der Waals surface area contributed by atoms with Crippen LogP contribution in [0.2, 0.25) is 0 Å². The number of guanidine groups is 1. The zero-order valence-electron chi connectivity index (χ0n) is 14.7. The molecule has 3 N–H and O–H groups in total. The van der Waals surface area contributed by atoms with Crippen LogP contribution < -0.4 is 16.0 Å². The maximum atomic E-state index is 11.8. The number of rotatable bonds is 4. The van der Waals surface area contributed by atoms with Gasteiger partial charge < -0.3 is 16.0 Å². The standard InChI is InChI=1S/C19H28N4O.HI/c20-19(22-16-6-3-1-2-4-7-16)21-14-15-9-11-17(12-10-15)23-13-5-8-18(23)24;/h9-12,16H,1-8,13-14H2,(H3,20,21,22);1H. The van der Waals surface area contributed by atoms with E-state index in [0.717, 1.165) is 24.2 Å². The SMILES string of the molecule is I.NC(=NCc1ccc(N2CCCC2=O)cc1)NC1CCCCCC1. The van der Waals surface area contributed by atoms with Crippen molar-refractivity contribution in [2.45, 2.75) is 64.0 Å². The molecule has 0 atom stereocenters. The molecule has 1 aromatic rings. The van der Waals surface area contributed by atoms with Crippen molar-refractivity contribution in [2.24, 2.45) is 10.7 Å². The summed E-state index contributed by atoms with van der Waals surface area (Å²) in [5.41, 5.74) is 8.13. The number of anilines is 1. The highest BCUT2D eigenvalue weighted by molar-refractivity contribution is 14.0. The van der Waals surface area contributed by atoms with Gasteiger partial charge in [-0.3, -0.25) is 4.79 Å². The molecule has 138 valence electrons. The highest BCUT2D eigenvalue weighted by Crippen LogP contribution is 2.22. The molecular weight excluding hydrogens is 427 g/mol. The number of amides is 1. The van der Waals surface area contributed by atoms with Crippen LogP contribution in [0.25, 0.3) is 0 Å². The lowest BCUT2D eigenvalue weighted by Crippen LogP contribution is -2.39. The van der Waals surface area contributed by atoms with Crippen molar-refractivity contribution in [3.05, 3.63) is 29.8 Å². The first-order chi connectivity index (χ1) is 11.7. The number of nitrogens with two attached hydrogens (primary N) is 1. The molecule has 6 heteroatoms. The van der Waals surface area contributed by atoms with E-state index in [9.17, 15) is 4.79 Å². The molecule has 3 rings (SSSR count). The first-order valence-electron chi connectivity index (χ1n) is 9.18. The molecule has 1 aliphatic heterocycles. The Hall–Kier alpha value is -1.31. The molecule has 5 nitrogen and oxygen atoms in total. The molecular formula is C19H29IN4O. The lowest BCUT2D eigenvalue weighted by Gasteiger charge is -2.17. The largest absolute Gasteiger partial charge is 0.370 e. The van der Waals surface area contributed by atoms with E-state index in [2.05, 4.69) is 10.3 Å². The van der Waals surface area contributed by atoms with Gasteiger partial charge in [0.05, 0.1) is 6.54 Å². The molecule has 2 aliphatic rings. The fraction of sp³-hybridized carbons (Fsp3) is 0.579. The number of hydrogen-bond donors (Lipinski definition) is 2. The van der Waals surface area contributed by atoms with Gasteiger partial charge in [-0.15, -0.1) is 24.0 Å². The lowest BCUT2D eigenvalue weighted by atomic mass is 10.1. The molecule has 1 amide bonds. The van der Waals surface area contributed by atoms with Crippen molar-refractivity contribution >= 4 is 41.5 Å². The van der Waals surface area contributed by atoms with Crippen LogP contribution in [0.4, 0.5) is 5.69 Å². The molecule has 0 bridgehead atoms. The van der Waals surface area contributed by atoms with E-state index in [4.69, 9.17) is 5.73 Å². The summed E-state index contributed by atoms with van der Waals surface area (Å²) < 4.78 is 0. The Bertz CT molecular complexity index is 580. The minimum atomic E-state index is 0. The summed E-state index contributed by atoms with van der Waals surface area (Å²) in [4.78, 5) is 18.1. The lowest BCUT2D eigenvalue weighted by molar-refractivity contribution is -0.117. The highest BCUT2D eigenvalue weighted by atomic mass is 127. The Morgan fingerprint density at radius 1 is 1.12 bits per heavy atom. The van der Waals surface area contributed by atoms with Gasteiger partial charge >= 0.3 is 0 Å². The number of hydrogen-bond acceptors (Lipinski definition) is 2. The Balaban J connectivity index is 0.00000225. The monoisotopic (exact) mass is 456 g/mol. The number of nitrogens with zero attached hydrogens (tertiary/aromatic N) is 2. The van der Waals surface area contributed by atoms with E-state index in [1.165, 1.54) is 38.5 Å². The zero-order valence-corrected chi connectivity index (χ0v) is 17.1. The summed E-state index contributed by atoms with van der Waals surface area (Å²) in [6.07, 6.45) is 9.22. The Morgan fingerprint density at radius 2 is 1.80 bits per heavy atom. The van der Waals surface area contributed by atoms with Crippen LogP contribution in [0.15, 0.2) is 29.3 Å². The van der Waals surface area contributed by atoms with Crippen molar-refractivity contribution in [1.29, 1.82) is 0 Å². The maximum Gasteiger partial charge on any atom is 0.227 e. The highest BCUT2D eigenvalue weighted by Gasteiger charge is 2.21. The normalized spacial score (nSPS) is 19.4. The average Bonchev–Trinajstić information content (AvgIpc) is 2.86. The first kappa shape index (κ1) is 20.0. The third kappa shape index (κ3) is 5.87. The van der Waals surface area contributed by atoms with Gasteiger partial charge in [-0.05, 0) is 37.0 Å². The van der Waals surface area contributed by atoms with Crippen LogP contribution in [0, 0.1) is 0 Å². The number of halogens is 1. The van der Waals surface area contributed by atoms with Crippen molar-refractivity contribution in [3.8, 4) is 0 Å². The van der Waals surface area contributed by atoms with Crippen LogP contribution in [0.3, 0.4) is 0 Å². The fourth-order valence-electron chi connectivity index (χ4n) is 3.56. The third-order valence-electron chi connectivity index (χ3n) is 4.96. The molecule has 0 spiro atoms. The van der Waals surface area contributed by atoms with Crippen molar-refractivity contribution < 1.29 is 4.79 Å². The fourth-order valence-corrected chi connectivity index (χ4v) is 3.56. The Morgan fingerprint density at radius 3 is 2.40 bits per heavy atom. The topological polar surface area (TPSA) is 70.7 Å². The number of aliphatic imine (C=N–C) groups is 1. The number of carbonyl (C=O) groups is 1. The van der Waals surface area contributed by atoms with Crippen LogP contribution in [-0.2, 0) is 11.3 Å². The van der Waals surface area contributed by atoms with Crippen molar-refractivity contribution in [2.75, 3.05) is 11.4 Å². The van der Waals surface area contributed by atoms with Crippen LogP contribution in [-0.4, -0.2) is 24.5 Å². The summed E-state index contributed by atoms with van der Waals surface area (Å²) in [6, 6.07) is 8.54. The smallest absolute Gasteiger partial charge is 0.227 e. The van der Waals surface area contributed by atoms with E-state index < -0.39 is 0 Å². The molecule has 0 unspecified atom stereocenters. The Kier molecular flexibility index (Phi) is 7.99. The second-order valence-electron chi connectivity index (χ2n) is 6.85. The number of nitrogens with one attached hydrogen (secondary N) is 1. The van der Waals surface area contributed by atoms with Crippen molar-refractivity contribution in [3.63, 3.8) is 0 Å². The summed E-state index contributed by atoms with van der Waals surface area (Å²) in [7, 11) is 0. The van der Waals surface area contributed by atoms with E-state index in [0.29, 0.717) is 25.0 Å². The molecule has 25 heavy (non-hydrogen) atoms. The Labute approximate surface area is 167 Å². The van der Waals surface area contributed by atoms with E-state index in [1.807, 2.05) is 29.2 Å². The molecule has 1 aliphatic carbocycles. The van der Waals surface area contributed by atoms with Crippen LogP contribution in [0.1, 0.15) is 56.9 Å². The van der Waals surface area contributed by atoms with E-state index >= 15 is 0 Å². The van der Waals surface area contributed by atoms with Gasteiger partial charge in [0.1, 0.15) is 0 Å². The van der Waals surface area contributed by atoms with Crippen molar-refractivity contribution in [1.82, 2.24) is 5.32 Å².